The maximum Gasteiger partial charge on any atom is 0.271 e. The third-order valence-corrected chi connectivity index (χ3v) is 4.82. The predicted molar refractivity (Wildman–Crippen MR) is 107 cm³/mol. The highest BCUT2D eigenvalue weighted by atomic mass is 32.2. The summed E-state index contributed by atoms with van der Waals surface area (Å²) in [7, 11) is 0. The van der Waals surface area contributed by atoms with E-state index in [9.17, 15) is 9.18 Å². The zero-order valence-corrected chi connectivity index (χ0v) is 14.9. The third kappa shape index (κ3) is 3.80. The van der Waals surface area contributed by atoms with E-state index in [2.05, 4.69) is 9.98 Å². The van der Waals surface area contributed by atoms with Crippen molar-refractivity contribution >= 4 is 40.4 Å². The number of para-hydroxylation sites is 1. The topological polar surface area (TPSA) is 45.6 Å². The van der Waals surface area contributed by atoms with Crippen molar-refractivity contribution < 1.29 is 9.18 Å². The molecule has 6 heteroatoms. The second-order valence-electron chi connectivity index (χ2n) is 5.72. The van der Waals surface area contributed by atoms with Crippen LogP contribution < -0.4 is 4.90 Å². The molecule has 0 radical (unpaired) electrons. The Morgan fingerprint density at radius 3 is 2.41 bits per heavy atom. The van der Waals surface area contributed by atoms with Gasteiger partial charge in [-0.25, -0.2) is 14.4 Å². The van der Waals surface area contributed by atoms with Gasteiger partial charge in [-0.15, -0.1) is 0 Å². The highest BCUT2D eigenvalue weighted by Crippen LogP contribution is 2.36. The molecule has 4 nitrogen and oxygen atoms in total. The van der Waals surface area contributed by atoms with Gasteiger partial charge >= 0.3 is 0 Å². The van der Waals surface area contributed by atoms with Crippen LogP contribution in [-0.4, -0.2) is 16.1 Å². The summed E-state index contributed by atoms with van der Waals surface area (Å²) in [4.78, 5) is 23.9. The molecule has 2 aromatic carbocycles. The van der Waals surface area contributed by atoms with Gasteiger partial charge in [0.15, 0.2) is 11.0 Å². The number of aromatic nitrogens is 1. The lowest BCUT2D eigenvalue weighted by molar-refractivity contribution is -0.113. The quantitative estimate of drug-likeness (QED) is 0.603. The Kier molecular flexibility index (Phi) is 4.80. The molecule has 1 aliphatic heterocycles. The lowest BCUT2D eigenvalue weighted by Crippen LogP contribution is -2.28. The van der Waals surface area contributed by atoms with Crippen LogP contribution in [0, 0.1) is 5.82 Å². The average molecular weight is 375 g/mol. The Morgan fingerprint density at radius 2 is 1.70 bits per heavy atom. The van der Waals surface area contributed by atoms with Crippen LogP contribution in [0.3, 0.4) is 0 Å². The zero-order chi connectivity index (χ0) is 18.6. The number of pyridine rings is 1. The number of thioether (sulfide) groups is 1. The van der Waals surface area contributed by atoms with Gasteiger partial charge in [0, 0.05) is 6.20 Å². The van der Waals surface area contributed by atoms with Crippen LogP contribution in [0.1, 0.15) is 5.56 Å². The van der Waals surface area contributed by atoms with Crippen molar-refractivity contribution in [3.8, 4) is 0 Å². The first-order valence-corrected chi connectivity index (χ1v) is 9.07. The van der Waals surface area contributed by atoms with E-state index in [1.807, 2.05) is 42.5 Å². The number of nitrogens with zero attached hydrogens (tertiary/aromatic N) is 3. The summed E-state index contributed by atoms with van der Waals surface area (Å²) in [5.41, 5.74) is 1.48. The summed E-state index contributed by atoms with van der Waals surface area (Å²) in [5.74, 6) is 0.0350. The van der Waals surface area contributed by atoms with Gasteiger partial charge in [-0.3, -0.25) is 9.69 Å². The molecular formula is C21H14FN3OS. The van der Waals surface area contributed by atoms with Crippen LogP contribution in [0.4, 0.5) is 15.9 Å². The predicted octanol–water partition coefficient (Wildman–Crippen LogP) is 5.03. The van der Waals surface area contributed by atoms with Crippen LogP contribution >= 0.6 is 11.8 Å². The first-order valence-electron chi connectivity index (χ1n) is 8.25. The molecule has 1 amide bonds. The molecule has 1 fully saturated rings. The van der Waals surface area contributed by atoms with E-state index >= 15 is 0 Å². The second-order valence-corrected chi connectivity index (χ2v) is 6.73. The summed E-state index contributed by atoms with van der Waals surface area (Å²) in [6, 6.07) is 20.8. The number of carbonyl (C=O) groups is 1. The van der Waals surface area contributed by atoms with Gasteiger partial charge in [0.2, 0.25) is 0 Å². The van der Waals surface area contributed by atoms with E-state index in [1.165, 1.54) is 23.9 Å². The van der Waals surface area contributed by atoms with Crippen molar-refractivity contribution in [2.75, 3.05) is 4.90 Å². The Morgan fingerprint density at radius 1 is 0.963 bits per heavy atom. The molecule has 3 aromatic rings. The molecule has 0 spiro atoms. The van der Waals surface area contributed by atoms with Crippen LogP contribution in [-0.2, 0) is 4.79 Å². The molecule has 1 aromatic heterocycles. The highest BCUT2D eigenvalue weighted by molar-refractivity contribution is 8.19. The van der Waals surface area contributed by atoms with Gasteiger partial charge in [0.1, 0.15) is 5.82 Å². The largest absolute Gasteiger partial charge is 0.271 e. The molecule has 0 unspecified atom stereocenters. The summed E-state index contributed by atoms with van der Waals surface area (Å²) in [5, 5.41) is 0.526. The van der Waals surface area contributed by atoms with E-state index in [1.54, 1.807) is 35.4 Å². The zero-order valence-electron chi connectivity index (χ0n) is 14.1. The number of amides is 1. The smallest absolute Gasteiger partial charge is 0.268 e. The van der Waals surface area contributed by atoms with Crippen molar-refractivity contribution in [3.63, 3.8) is 0 Å². The normalized spacial score (nSPS) is 17.1. The van der Waals surface area contributed by atoms with Crippen LogP contribution in [0.2, 0.25) is 0 Å². The van der Waals surface area contributed by atoms with E-state index in [0.29, 0.717) is 15.9 Å². The van der Waals surface area contributed by atoms with E-state index in [0.717, 1.165) is 11.3 Å². The number of aliphatic imine (C=N–C) groups is 1. The molecule has 132 valence electrons. The monoisotopic (exact) mass is 375 g/mol. The molecular weight excluding hydrogens is 361 g/mol. The number of benzene rings is 2. The maximum atomic E-state index is 13.1. The Hall–Kier alpha value is -3.25. The van der Waals surface area contributed by atoms with Gasteiger partial charge < -0.3 is 0 Å². The second kappa shape index (κ2) is 7.55. The number of amidine groups is 1. The van der Waals surface area contributed by atoms with Gasteiger partial charge in [0.25, 0.3) is 5.91 Å². The number of anilines is 1. The molecule has 0 atom stereocenters. The molecule has 0 saturated carbocycles. The average Bonchev–Trinajstić information content (AvgIpc) is 3.00. The molecule has 2 heterocycles. The Bertz CT molecular complexity index is 1020. The lowest BCUT2D eigenvalue weighted by Gasteiger charge is -2.15. The third-order valence-electron chi connectivity index (χ3n) is 3.85. The summed E-state index contributed by atoms with van der Waals surface area (Å²) < 4.78 is 13.1. The number of halogens is 1. The summed E-state index contributed by atoms with van der Waals surface area (Å²) in [6.07, 6.45) is 3.40. The van der Waals surface area contributed by atoms with Crippen molar-refractivity contribution in [1.29, 1.82) is 0 Å². The van der Waals surface area contributed by atoms with E-state index in [-0.39, 0.29) is 11.7 Å². The van der Waals surface area contributed by atoms with Gasteiger partial charge in [-0.05, 0) is 59.8 Å². The Labute approximate surface area is 160 Å². The number of hydrogen-bond donors (Lipinski definition) is 0. The van der Waals surface area contributed by atoms with Crippen molar-refractivity contribution in [3.05, 3.63) is 95.3 Å². The van der Waals surface area contributed by atoms with Gasteiger partial charge in [0.05, 0.1) is 10.6 Å². The lowest BCUT2D eigenvalue weighted by atomic mass is 10.2. The summed E-state index contributed by atoms with van der Waals surface area (Å²) >= 11 is 1.27. The van der Waals surface area contributed by atoms with Gasteiger partial charge in [-0.1, -0.05) is 36.4 Å². The number of rotatable bonds is 3. The van der Waals surface area contributed by atoms with Crippen molar-refractivity contribution in [2.24, 2.45) is 4.99 Å². The first-order chi connectivity index (χ1) is 13.2. The highest BCUT2D eigenvalue weighted by Gasteiger charge is 2.34. The van der Waals surface area contributed by atoms with Crippen molar-refractivity contribution in [1.82, 2.24) is 4.98 Å². The number of carbonyl (C=O) groups excluding carboxylic acids is 1. The van der Waals surface area contributed by atoms with Crippen LogP contribution in [0.15, 0.2) is 88.9 Å². The molecule has 0 bridgehead atoms. The molecule has 0 aliphatic carbocycles. The minimum atomic E-state index is -0.314. The minimum absolute atomic E-state index is 0.176. The number of hydrogen-bond acceptors (Lipinski definition) is 4. The molecule has 1 saturated heterocycles. The van der Waals surface area contributed by atoms with Crippen molar-refractivity contribution in [2.45, 2.75) is 0 Å². The molecule has 4 rings (SSSR count). The molecule has 27 heavy (non-hydrogen) atoms. The standard InChI is InChI=1S/C21H14FN3OS/c22-16-11-9-15(10-12-16)14-18-20(26)25(17-6-2-1-3-7-17)21(27-18)24-19-8-4-5-13-23-19/h1-14H/b18-14-,24-21+. The fourth-order valence-corrected chi connectivity index (χ4v) is 3.57. The van der Waals surface area contributed by atoms with Crippen LogP contribution in [0.25, 0.3) is 6.08 Å². The van der Waals surface area contributed by atoms with Crippen LogP contribution in [0.5, 0.6) is 0 Å². The SMILES string of the molecule is O=C1/C(=C/c2ccc(F)cc2)S/C(=N/c2ccccn2)N1c1ccccc1. The minimum Gasteiger partial charge on any atom is -0.268 e. The molecule has 1 aliphatic rings. The van der Waals surface area contributed by atoms with E-state index in [4.69, 9.17) is 0 Å². The Balaban J connectivity index is 1.76. The van der Waals surface area contributed by atoms with Gasteiger partial charge in [-0.2, -0.15) is 0 Å². The fourth-order valence-electron chi connectivity index (χ4n) is 2.58. The fraction of sp³-hybridized carbons (Fsp3) is 0. The first kappa shape index (κ1) is 17.2. The summed E-state index contributed by atoms with van der Waals surface area (Å²) in [6.45, 7) is 0. The molecule has 0 N–H and O–H groups in total. The maximum absolute atomic E-state index is 13.1. The van der Waals surface area contributed by atoms with E-state index < -0.39 is 0 Å².